The van der Waals surface area contributed by atoms with Gasteiger partial charge in [0.2, 0.25) is 0 Å². The number of benzene rings is 2. The lowest BCUT2D eigenvalue weighted by molar-refractivity contribution is -0.136. The molecule has 158 valence electrons. The molecule has 2 aromatic rings. The lowest BCUT2D eigenvalue weighted by Crippen LogP contribution is -2.45. The van der Waals surface area contributed by atoms with Gasteiger partial charge >= 0.3 is 12.0 Å². The third kappa shape index (κ3) is 4.59. The number of esters is 1. The van der Waals surface area contributed by atoms with E-state index in [1.54, 1.807) is 31.4 Å². The average Bonchev–Trinajstić information content (AvgIpc) is 2.77. The maximum absolute atomic E-state index is 12.7. The van der Waals surface area contributed by atoms with E-state index < -0.39 is 18.0 Å². The van der Waals surface area contributed by atoms with E-state index in [1.807, 2.05) is 25.1 Å². The zero-order chi connectivity index (χ0) is 21.7. The van der Waals surface area contributed by atoms with Crippen molar-refractivity contribution in [1.29, 1.82) is 0 Å². The number of hydrogen-bond donors (Lipinski definition) is 2. The van der Waals surface area contributed by atoms with E-state index in [1.165, 1.54) is 7.11 Å². The van der Waals surface area contributed by atoms with Crippen molar-refractivity contribution in [3.05, 3.63) is 63.6 Å². The summed E-state index contributed by atoms with van der Waals surface area (Å²) in [5.74, 6) is 0.822. The molecule has 2 N–H and O–H groups in total. The first-order valence-corrected chi connectivity index (χ1v) is 10.2. The fourth-order valence-corrected chi connectivity index (χ4v) is 3.67. The lowest BCUT2D eigenvalue weighted by atomic mass is 9.92. The van der Waals surface area contributed by atoms with Gasteiger partial charge in [-0.2, -0.15) is 0 Å². The minimum absolute atomic E-state index is 0.302. The molecule has 0 bridgehead atoms. The van der Waals surface area contributed by atoms with Crippen molar-refractivity contribution in [2.45, 2.75) is 19.4 Å². The summed E-state index contributed by atoms with van der Waals surface area (Å²) in [5.41, 5.74) is 2.07. The summed E-state index contributed by atoms with van der Waals surface area (Å²) in [5, 5.41) is 5.56. The average molecular weight is 475 g/mol. The van der Waals surface area contributed by atoms with Crippen LogP contribution >= 0.6 is 15.9 Å². The van der Waals surface area contributed by atoms with Crippen LogP contribution in [-0.4, -0.2) is 32.8 Å². The van der Waals surface area contributed by atoms with Crippen LogP contribution in [0.1, 0.15) is 30.5 Å². The molecule has 0 aromatic heterocycles. The van der Waals surface area contributed by atoms with Gasteiger partial charge in [0.25, 0.3) is 0 Å². The summed E-state index contributed by atoms with van der Waals surface area (Å²) >= 11 is 3.51. The van der Waals surface area contributed by atoms with Crippen molar-refractivity contribution in [2.75, 3.05) is 20.8 Å². The summed E-state index contributed by atoms with van der Waals surface area (Å²) in [6, 6.07) is 11.4. The van der Waals surface area contributed by atoms with Crippen molar-refractivity contribution in [3.8, 4) is 11.5 Å². The van der Waals surface area contributed by atoms with E-state index in [0.717, 1.165) is 10.9 Å². The molecule has 0 spiro atoms. The Labute approximate surface area is 183 Å². The summed E-state index contributed by atoms with van der Waals surface area (Å²) in [7, 11) is 2.88. The van der Waals surface area contributed by atoms with Crippen molar-refractivity contribution in [3.63, 3.8) is 0 Å². The second kappa shape index (κ2) is 9.67. The highest BCUT2D eigenvalue weighted by Crippen LogP contribution is 2.35. The number of urea groups is 1. The molecule has 0 fully saturated rings. The number of carbonyl (C=O) groups excluding carboxylic acids is 2. The van der Waals surface area contributed by atoms with E-state index >= 15 is 0 Å². The quantitative estimate of drug-likeness (QED) is 0.587. The Bertz CT molecular complexity index is 972. The highest BCUT2D eigenvalue weighted by atomic mass is 79.9. The maximum Gasteiger partial charge on any atom is 0.338 e. The van der Waals surface area contributed by atoms with Gasteiger partial charge in [-0.05, 0) is 69.9 Å². The van der Waals surface area contributed by atoms with Gasteiger partial charge in [0.05, 0.1) is 42.6 Å². The largest absolute Gasteiger partial charge is 0.497 e. The van der Waals surface area contributed by atoms with Crippen LogP contribution in [0.4, 0.5) is 4.79 Å². The molecule has 0 saturated heterocycles. The molecule has 1 heterocycles. The molecule has 8 heteroatoms. The first kappa shape index (κ1) is 21.7. The Morgan fingerprint density at radius 2 is 1.87 bits per heavy atom. The smallest absolute Gasteiger partial charge is 0.338 e. The maximum atomic E-state index is 12.7. The van der Waals surface area contributed by atoms with E-state index in [2.05, 4.69) is 26.6 Å². The Kier molecular flexibility index (Phi) is 6.99. The zero-order valence-corrected chi connectivity index (χ0v) is 18.5. The van der Waals surface area contributed by atoms with Crippen LogP contribution < -0.4 is 20.1 Å². The molecule has 1 aliphatic rings. The summed E-state index contributed by atoms with van der Waals surface area (Å²) in [6.45, 7) is 2.62. The molecular formula is C22H23BrN2O5. The van der Waals surface area contributed by atoms with Gasteiger partial charge in [-0.1, -0.05) is 13.0 Å². The molecule has 0 saturated carbocycles. The number of nitrogens with one attached hydrogen (secondary N) is 2. The fourth-order valence-electron chi connectivity index (χ4n) is 3.16. The third-order valence-electron chi connectivity index (χ3n) is 4.61. The van der Waals surface area contributed by atoms with E-state index in [-0.39, 0.29) is 0 Å². The highest BCUT2D eigenvalue weighted by molar-refractivity contribution is 9.10. The number of hydrogen-bond acceptors (Lipinski definition) is 5. The number of amides is 2. The molecule has 0 aliphatic carbocycles. The van der Waals surface area contributed by atoms with Crippen molar-refractivity contribution >= 4 is 33.6 Å². The number of ether oxygens (including phenoxy) is 3. The molecule has 1 unspecified atom stereocenters. The molecule has 3 rings (SSSR count). The van der Waals surface area contributed by atoms with Gasteiger partial charge in [0.15, 0.2) is 0 Å². The summed E-state index contributed by atoms with van der Waals surface area (Å²) < 4.78 is 16.7. The number of rotatable bonds is 7. The van der Waals surface area contributed by atoms with Crippen molar-refractivity contribution in [2.24, 2.45) is 0 Å². The van der Waals surface area contributed by atoms with Gasteiger partial charge in [-0.3, -0.25) is 0 Å². The van der Waals surface area contributed by atoms with Gasteiger partial charge in [-0.15, -0.1) is 0 Å². The van der Waals surface area contributed by atoms with Crippen LogP contribution in [0.5, 0.6) is 11.5 Å². The molecule has 1 aliphatic heterocycles. The monoisotopic (exact) mass is 474 g/mol. The Balaban J connectivity index is 2.08. The summed E-state index contributed by atoms with van der Waals surface area (Å²) in [4.78, 5) is 25.2. The van der Waals surface area contributed by atoms with E-state index in [4.69, 9.17) is 14.2 Å². The van der Waals surface area contributed by atoms with Crippen molar-refractivity contribution in [1.82, 2.24) is 10.6 Å². The van der Waals surface area contributed by atoms with Gasteiger partial charge in [-0.25, -0.2) is 9.59 Å². The van der Waals surface area contributed by atoms with Crippen molar-refractivity contribution < 1.29 is 23.8 Å². The first-order chi connectivity index (χ1) is 14.5. The van der Waals surface area contributed by atoms with Crippen LogP contribution in [0, 0.1) is 0 Å². The number of halogens is 1. The zero-order valence-electron chi connectivity index (χ0n) is 17.0. The second-order valence-electron chi connectivity index (χ2n) is 6.58. The SMILES string of the molecule is CCCOc1ccc(C2NC(=O)NC(c3ccc(OC)cc3)=C2C(=O)OC)cc1Br. The Morgan fingerprint density at radius 1 is 1.13 bits per heavy atom. The molecule has 7 nitrogen and oxygen atoms in total. The molecule has 30 heavy (non-hydrogen) atoms. The predicted octanol–water partition coefficient (Wildman–Crippen LogP) is 4.18. The van der Waals surface area contributed by atoms with Crippen LogP contribution in [0.15, 0.2) is 52.5 Å². The highest BCUT2D eigenvalue weighted by Gasteiger charge is 2.34. The normalized spacial score (nSPS) is 15.9. The lowest BCUT2D eigenvalue weighted by Gasteiger charge is -2.29. The Morgan fingerprint density at radius 3 is 2.47 bits per heavy atom. The molecular weight excluding hydrogens is 452 g/mol. The summed E-state index contributed by atoms with van der Waals surface area (Å²) in [6.07, 6.45) is 0.888. The van der Waals surface area contributed by atoms with Gasteiger partial charge in [0.1, 0.15) is 11.5 Å². The fraction of sp³-hybridized carbons (Fsp3) is 0.273. The third-order valence-corrected chi connectivity index (χ3v) is 5.23. The van der Waals surface area contributed by atoms with Gasteiger partial charge < -0.3 is 24.8 Å². The minimum atomic E-state index is -0.695. The molecule has 1 atom stereocenters. The predicted molar refractivity (Wildman–Crippen MR) is 116 cm³/mol. The van der Waals surface area contributed by atoms with E-state index in [9.17, 15) is 9.59 Å². The van der Waals surface area contributed by atoms with Crippen LogP contribution in [0.2, 0.25) is 0 Å². The standard InChI is InChI=1S/C22H23BrN2O5/c1-4-11-30-17-10-7-14(12-16(17)23)20-18(21(26)29-3)19(24-22(27)25-20)13-5-8-15(28-2)9-6-13/h5-10,12,20H,4,11H2,1-3H3,(H2,24,25,27). The molecule has 0 radical (unpaired) electrons. The van der Waals surface area contributed by atoms with Crippen LogP contribution in [0.25, 0.3) is 5.70 Å². The van der Waals surface area contributed by atoms with Gasteiger partial charge in [0, 0.05) is 0 Å². The second-order valence-corrected chi connectivity index (χ2v) is 7.43. The topological polar surface area (TPSA) is 85.9 Å². The molecule has 2 aromatic carbocycles. The van der Waals surface area contributed by atoms with Crippen LogP contribution in [-0.2, 0) is 9.53 Å². The number of methoxy groups -OCH3 is 2. The minimum Gasteiger partial charge on any atom is -0.497 e. The van der Waals surface area contributed by atoms with E-state index in [0.29, 0.717) is 40.5 Å². The van der Waals surface area contributed by atoms with Crippen LogP contribution in [0.3, 0.4) is 0 Å². The Hall–Kier alpha value is -3.00. The number of carbonyl (C=O) groups is 2. The first-order valence-electron chi connectivity index (χ1n) is 9.45. The molecule has 2 amide bonds.